The Morgan fingerprint density at radius 3 is 1.59 bits per heavy atom. The second-order valence-corrected chi connectivity index (χ2v) is 13.5. The third-order valence-corrected chi connectivity index (χ3v) is 9.02. The van der Waals surface area contributed by atoms with Crippen molar-refractivity contribution in [1.82, 2.24) is 21.3 Å². The number of fused-ring (bicyclic) bond motifs is 3. The van der Waals surface area contributed by atoms with E-state index in [1.165, 1.54) is 40.6 Å². The number of rotatable bonds is 25. The highest BCUT2D eigenvalue weighted by Gasteiger charge is 2.31. The number of nitrogens with one attached hydrogen (secondary N) is 4. The van der Waals surface area contributed by atoms with Gasteiger partial charge in [0.2, 0.25) is 17.7 Å². The lowest BCUT2D eigenvalue weighted by atomic mass is 9.98. The van der Waals surface area contributed by atoms with E-state index in [1.807, 2.05) is 48.5 Å². The molecular weight excluding hydrogens is 826 g/mol. The van der Waals surface area contributed by atoms with Crippen LogP contribution in [0.5, 0.6) is 0 Å². The Morgan fingerprint density at radius 1 is 0.651 bits per heavy atom. The number of benzene rings is 2. The number of ether oxygens (including phenoxy) is 7. The highest BCUT2D eigenvalue weighted by atomic mass is 16.6. The lowest BCUT2D eigenvalue weighted by Crippen LogP contribution is -2.55. The van der Waals surface area contributed by atoms with Gasteiger partial charge in [-0.15, -0.1) is 0 Å². The van der Waals surface area contributed by atoms with Gasteiger partial charge in [0, 0.05) is 33.0 Å². The summed E-state index contributed by atoms with van der Waals surface area (Å²) in [6, 6.07) is 11.5. The van der Waals surface area contributed by atoms with E-state index in [1.54, 1.807) is 0 Å². The summed E-state index contributed by atoms with van der Waals surface area (Å²) in [6.07, 6.45) is 1.72. The summed E-state index contributed by atoms with van der Waals surface area (Å²) in [5.74, 6) is -4.68. The Morgan fingerprint density at radius 2 is 1.13 bits per heavy atom. The fraction of sp³-hybridized carbons (Fsp3) is 0.442. The van der Waals surface area contributed by atoms with Crippen LogP contribution in [0.1, 0.15) is 42.7 Å². The number of alkyl carbamates (subject to hydrolysis) is 1. The molecule has 4 amide bonds. The van der Waals surface area contributed by atoms with Gasteiger partial charge in [-0.2, -0.15) is 0 Å². The summed E-state index contributed by atoms with van der Waals surface area (Å²) >= 11 is 0. The summed E-state index contributed by atoms with van der Waals surface area (Å²) in [6.45, 7) is 6.18. The van der Waals surface area contributed by atoms with E-state index in [2.05, 4.69) is 43.9 Å². The van der Waals surface area contributed by atoms with Crippen molar-refractivity contribution in [1.29, 1.82) is 0 Å². The summed E-state index contributed by atoms with van der Waals surface area (Å²) in [7, 11) is 5.17. The van der Waals surface area contributed by atoms with Crippen molar-refractivity contribution in [3.05, 3.63) is 85.0 Å². The molecule has 0 bridgehead atoms. The molecule has 0 fully saturated rings. The molecule has 1 aliphatic rings. The zero-order valence-electron chi connectivity index (χ0n) is 35.8. The van der Waals surface area contributed by atoms with E-state index in [4.69, 9.17) is 29.4 Å². The maximum absolute atomic E-state index is 12.9. The Labute approximate surface area is 365 Å². The highest BCUT2D eigenvalue weighted by molar-refractivity contribution is 5.92. The van der Waals surface area contributed by atoms with Gasteiger partial charge in [0.15, 0.2) is 0 Å². The van der Waals surface area contributed by atoms with Gasteiger partial charge in [-0.25, -0.2) is 14.4 Å². The zero-order valence-corrected chi connectivity index (χ0v) is 35.8. The van der Waals surface area contributed by atoms with Crippen LogP contribution in [0, 0.1) is 0 Å². The first-order chi connectivity index (χ1) is 30.2. The standard InChI is InChI=1S/C30H35N3O9.C13H22N2O6/c1-4-15-41-29(37)24(13-14-27(35)40-3)33-28(36)25(18-39-2)32-26(34)16-31-30(38)42-17-23-21-11-7-5-9-19(21)20-10-6-8-12-22(20)23;1-4-7-21-13(18)10(5-6-11(16)20-3)15-12(17)9(14)8-19-2/h4-12,23-25H,1,13-18H2,2-3H3,(H,31,38)(H,32,34)(H,33,36);4,9-10H,1,5-8,14H2,2-3H3,(H,15,17). The fourth-order valence-corrected chi connectivity index (χ4v) is 5.91. The first-order valence-electron chi connectivity index (χ1n) is 19.7. The van der Waals surface area contributed by atoms with Gasteiger partial charge in [-0.3, -0.25) is 24.0 Å². The van der Waals surface area contributed by atoms with Crippen molar-refractivity contribution < 1.29 is 71.5 Å². The molecule has 2 aromatic rings. The molecule has 344 valence electrons. The van der Waals surface area contributed by atoms with Gasteiger partial charge in [0.1, 0.15) is 50.5 Å². The van der Waals surface area contributed by atoms with Gasteiger partial charge in [0.05, 0.1) is 27.4 Å². The number of amides is 4. The van der Waals surface area contributed by atoms with Gasteiger partial charge in [0.25, 0.3) is 0 Å². The first-order valence-corrected chi connectivity index (χ1v) is 19.7. The number of esters is 4. The third kappa shape index (κ3) is 18.1. The van der Waals surface area contributed by atoms with Gasteiger partial charge in [-0.1, -0.05) is 73.8 Å². The van der Waals surface area contributed by atoms with Crippen molar-refractivity contribution in [3.63, 3.8) is 0 Å². The Balaban J connectivity index is 0.000000549. The first kappa shape index (κ1) is 52.5. The fourth-order valence-electron chi connectivity index (χ4n) is 5.91. The number of carbonyl (C=O) groups excluding carboxylic acids is 8. The maximum atomic E-state index is 12.9. The molecule has 0 heterocycles. The van der Waals surface area contributed by atoms with E-state index >= 15 is 0 Å². The van der Waals surface area contributed by atoms with E-state index in [-0.39, 0.29) is 64.6 Å². The minimum absolute atomic E-state index is 0.00749. The smallest absolute Gasteiger partial charge is 0.407 e. The van der Waals surface area contributed by atoms with Crippen LogP contribution in [0.4, 0.5) is 4.79 Å². The SMILES string of the molecule is C=CCOC(=O)C(CCC(=O)OC)NC(=O)C(COC)NC(=O)CNC(=O)OCC1c2ccccc2-c2ccccc21.C=CCOC(=O)C(CCC(=O)OC)NC(=O)C(N)COC. The summed E-state index contributed by atoms with van der Waals surface area (Å²) < 4.78 is 34.2. The molecule has 0 saturated carbocycles. The predicted octanol–water partition coefficient (Wildman–Crippen LogP) is 0.951. The van der Waals surface area contributed by atoms with Crippen LogP contribution in [-0.4, -0.2) is 140 Å². The molecule has 4 unspecified atom stereocenters. The molecule has 20 heteroatoms. The Bertz CT molecular complexity index is 1840. The van der Waals surface area contributed by atoms with Crippen LogP contribution in [0.25, 0.3) is 11.1 Å². The second-order valence-electron chi connectivity index (χ2n) is 13.5. The maximum Gasteiger partial charge on any atom is 0.407 e. The van der Waals surface area contributed by atoms with Crippen LogP contribution < -0.4 is 27.0 Å². The Hall–Kier alpha value is -6.64. The van der Waals surface area contributed by atoms with E-state index in [0.717, 1.165) is 22.3 Å². The van der Waals surface area contributed by atoms with Gasteiger partial charge in [-0.05, 0) is 35.1 Å². The number of carbonyl (C=O) groups is 8. The lowest BCUT2D eigenvalue weighted by Gasteiger charge is -2.22. The van der Waals surface area contributed by atoms with Gasteiger partial charge < -0.3 is 60.2 Å². The molecular formula is C43H57N5O15. The van der Waals surface area contributed by atoms with Crippen molar-refractivity contribution in [3.8, 4) is 11.1 Å². The monoisotopic (exact) mass is 883 g/mol. The van der Waals surface area contributed by atoms with Crippen LogP contribution in [0.2, 0.25) is 0 Å². The predicted molar refractivity (Wildman–Crippen MR) is 225 cm³/mol. The van der Waals surface area contributed by atoms with Gasteiger partial charge >= 0.3 is 30.0 Å². The molecule has 0 radical (unpaired) electrons. The normalized spacial score (nSPS) is 13.0. The van der Waals surface area contributed by atoms with Crippen LogP contribution in [0.15, 0.2) is 73.8 Å². The topological polar surface area (TPSA) is 275 Å². The van der Waals surface area contributed by atoms with E-state index in [9.17, 15) is 38.4 Å². The number of hydrogen-bond donors (Lipinski definition) is 5. The largest absolute Gasteiger partial charge is 0.469 e. The van der Waals surface area contributed by atoms with Crippen molar-refractivity contribution in [2.45, 2.75) is 55.8 Å². The molecule has 0 aliphatic heterocycles. The van der Waals surface area contributed by atoms with Crippen molar-refractivity contribution in [2.24, 2.45) is 5.73 Å². The molecule has 2 aromatic carbocycles. The molecule has 3 rings (SSSR count). The quantitative estimate of drug-likeness (QED) is 0.0528. The molecule has 20 nitrogen and oxygen atoms in total. The number of hydrogen-bond acceptors (Lipinski definition) is 16. The lowest BCUT2D eigenvalue weighted by molar-refractivity contribution is -0.149. The molecule has 0 spiro atoms. The average molecular weight is 884 g/mol. The molecule has 63 heavy (non-hydrogen) atoms. The molecule has 1 aliphatic carbocycles. The van der Waals surface area contributed by atoms with Crippen molar-refractivity contribution >= 4 is 47.7 Å². The number of methoxy groups -OCH3 is 4. The van der Waals surface area contributed by atoms with E-state index < -0.39 is 78.4 Å². The summed E-state index contributed by atoms with van der Waals surface area (Å²) in [5.41, 5.74) is 9.84. The average Bonchev–Trinajstić information content (AvgIpc) is 3.61. The molecule has 0 aromatic heterocycles. The van der Waals surface area contributed by atoms with Crippen LogP contribution >= 0.6 is 0 Å². The molecule has 6 N–H and O–H groups in total. The van der Waals surface area contributed by atoms with Crippen molar-refractivity contribution in [2.75, 3.05) is 68.0 Å². The second kappa shape index (κ2) is 28.8. The molecule has 0 saturated heterocycles. The zero-order chi connectivity index (χ0) is 46.7. The Kier molecular flexibility index (Phi) is 24.0. The highest BCUT2D eigenvalue weighted by Crippen LogP contribution is 2.44. The van der Waals surface area contributed by atoms with E-state index in [0.29, 0.717) is 0 Å². The molecule has 4 atom stereocenters. The third-order valence-electron chi connectivity index (χ3n) is 9.02. The van der Waals surface area contributed by atoms with Crippen LogP contribution in [-0.2, 0) is 66.7 Å². The van der Waals surface area contributed by atoms with Crippen LogP contribution in [0.3, 0.4) is 0 Å². The summed E-state index contributed by atoms with van der Waals surface area (Å²) in [5, 5.41) is 9.73. The summed E-state index contributed by atoms with van der Waals surface area (Å²) in [4.78, 5) is 96.5. The minimum Gasteiger partial charge on any atom is -0.469 e. The number of nitrogens with two attached hydrogens (primary N) is 1. The minimum atomic E-state index is -1.21.